The predicted molar refractivity (Wildman–Crippen MR) is 244 cm³/mol. The highest BCUT2D eigenvalue weighted by Crippen LogP contribution is 2.30. The van der Waals surface area contributed by atoms with Crippen LogP contribution in [0.25, 0.3) is 0 Å². The number of aromatic nitrogens is 2. The van der Waals surface area contributed by atoms with Gasteiger partial charge in [0.05, 0.1) is 12.4 Å². The van der Waals surface area contributed by atoms with Gasteiger partial charge in [0, 0.05) is 99.0 Å². The van der Waals surface area contributed by atoms with Gasteiger partial charge in [0.2, 0.25) is 29.5 Å². The molecule has 1 aromatic heterocycles. The molecule has 5 N–H and O–H groups in total. The highest BCUT2D eigenvalue weighted by molar-refractivity contribution is 7.99. The van der Waals surface area contributed by atoms with Crippen molar-refractivity contribution in [2.24, 2.45) is 5.73 Å². The Labute approximate surface area is 379 Å². The molecule has 3 saturated heterocycles. The van der Waals surface area contributed by atoms with Gasteiger partial charge in [-0.1, -0.05) is 55.6 Å². The summed E-state index contributed by atoms with van der Waals surface area (Å²) in [6, 6.07) is 12.3. The topological polar surface area (TPSA) is 203 Å². The molecule has 0 aliphatic carbocycles. The predicted octanol–water partition coefficient (Wildman–Crippen LogP) is 4.39. The van der Waals surface area contributed by atoms with E-state index in [9.17, 15) is 28.8 Å². The van der Waals surface area contributed by atoms with Gasteiger partial charge in [-0.15, -0.1) is 0 Å². The van der Waals surface area contributed by atoms with Crippen molar-refractivity contribution in [2.45, 2.75) is 112 Å². The van der Waals surface area contributed by atoms with Gasteiger partial charge >= 0.3 is 0 Å². The molecule has 1 unspecified atom stereocenters. The van der Waals surface area contributed by atoms with Crippen LogP contribution in [0.3, 0.4) is 0 Å². The Hall–Kier alpha value is -5.65. The first-order valence-electron chi connectivity index (χ1n) is 22.6. The Morgan fingerprint density at radius 2 is 1.67 bits per heavy atom. The number of nitrogens with zero attached hydrogens (tertiary/aromatic N) is 6. The normalized spacial score (nSPS) is 18.9. The van der Waals surface area contributed by atoms with E-state index in [0.29, 0.717) is 50.3 Å². The minimum absolute atomic E-state index is 0.00218. The van der Waals surface area contributed by atoms with Crippen molar-refractivity contribution in [3.63, 3.8) is 0 Å². The Morgan fingerprint density at radius 3 is 2.42 bits per heavy atom. The van der Waals surface area contributed by atoms with Gasteiger partial charge in [-0.05, 0) is 81.0 Å². The molecule has 5 heterocycles. The summed E-state index contributed by atoms with van der Waals surface area (Å²) in [6.45, 7) is 8.31. The van der Waals surface area contributed by atoms with Crippen LogP contribution in [0.5, 0.6) is 0 Å². The van der Waals surface area contributed by atoms with Gasteiger partial charge < -0.3 is 31.1 Å². The van der Waals surface area contributed by atoms with Crippen molar-refractivity contribution in [2.75, 3.05) is 56.0 Å². The SMILES string of the molecule is CC1(N)CCN(c2cnc(Sc3cccc(NC(=O)/C=C/C(=O)N4CCN(CCCCCCCCC(=O)NCc5ccc6c(c5)CN(C5CCC(=O)NC5=O)C6=O)CC4)c3)cn2)CC1. The number of anilines is 2. The van der Waals surface area contributed by atoms with E-state index < -0.39 is 11.9 Å². The summed E-state index contributed by atoms with van der Waals surface area (Å²) in [6.07, 6.45) is 15.2. The first-order valence-corrected chi connectivity index (χ1v) is 23.4. The molecule has 2 aromatic carbocycles. The number of rotatable bonds is 18. The molecule has 340 valence electrons. The Bertz CT molecular complexity index is 2200. The Balaban J connectivity index is 0.708. The van der Waals surface area contributed by atoms with E-state index in [1.54, 1.807) is 23.4 Å². The molecule has 16 nitrogen and oxygen atoms in total. The number of nitrogens with two attached hydrogens (primary N) is 1. The molecule has 0 saturated carbocycles. The van der Waals surface area contributed by atoms with E-state index in [-0.39, 0.29) is 41.5 Å². The molecule has 7 rings (SSSR count). The Kier molecular flexibility index (Phi) is 15.8. The maximum Gasteiger partial charge on any atom is 0.255 e. The second-order valence-electron chi connectivity index (χ2n) is 17.5. The lowest BCUT2D eigenvalue weighted by atomic mass is 9.91. The number of fused-ring (bicyclic) bond motifs is 1. The Morgan fingerprint density at radius 1 is 0.906 bits per heavy atom. The quantitative estimate of drug-likeness (QED) is 0.0799. The van der Waals surface area contributed by atoms with E-state index in [1.165, 1.54) is 28.8 Å². The third-order valence-electron chi connectivity index (χ3n) is 12.4. The molecular formula is C47H60N10O6S. The fraction of sp³-hybridized carbons (Fsp3) is 0.489. The highest BCUT2D eigenvalue weighted by atomic mass is 32.2. The zero-order chi connectivity index (χ0) is 45.1. The number of carbonyl (C=O) groups is 6. The average molecular weight is 893 g/mol. The van der Waals surface area contributed by atoms with Crippen LogP contribution in [0.2, 0.25) is 0 Å². The molecule has 3 aromatic rings. The van der Waals surface area contributed by atoms with Crippen LogP contribution in [0.15, 0.2) is 76.9 Å². The molecule has 4 aliphatic rings. The standard InChI is InChI=1S/C47H60N10O6S/c1-47(48)18-21-55(22-19-47)39-30-51-43(31-49-39)64-36-10-8-9-35(28-36)52-41(59)16-17-44(61)56-25-23-54(24-26-56)20-7-5-3-2-4-6-11-40(58)50-29-33-12-13-37-34(27-33)32-57(46(37)63)38-14-15-42(60)53-45(38)62/h8-10,12-13,16-17,27-28,30-31,38H,2-7,11,14-15,18-26,29,32,48H2,1H3,(H,50,58)(H,52,59)(H,53,60,62)/b17-16+. The van der Waals surface area contributed by atoms with Gasteiger partial charge in [-0.2, -0.15) is 0 Å². The number of piperazine rings is 1. The van der Waals surface area contributed by atoms with E-state index in [2.05, 4.69) is 42.6 Å². The van der Waals surface area contributed by atoms with Crippen molar-refractivity contribution in [3.05, 3.63) is 83.7 Å². The summed E-state index contributed by atoms with van der Waals surface area (Å²) >= 11 is 1.46. The first kappa shape index (κ1) is 46.3. The average Bonchev–Trinajstić information content (AvgIpc) is 3.61. The number of nitrogens with one attached hydrogen (secondary N) is 3. The molecule has 64 heavy (non-hydrogen) atoms. The summed E-state index contributed by atoms with van der Waals surface area (Å²) in [5.74, 6) is -0.646. The smallest absolute Gasteiger partial charge is 0.255 e. The second-order valence-corrected chi connectivity index (χ2v) is 18.6. The van der Waals surface area contributed by atoms with Crippen molar-refractivity contribution >= 4 is 58.7 Å². The number of piperidine rings is 2. The third-order valence-corrected chi connectivity index (χ3v) is 13.3. The maximum absolute atomic E-state index is 12.9. The number of hydrogen-bond donors (Lipinski definition) is 4. The van der Waals surface area contributed by atoms with Crippen molar-refractivity contribution in [3.8, 4) is 0 Å². The van der Waals surface area contributed by atoms with Crippen LogP contribution in [0, 0.1) is 0 Å². The molecule has 0 bridgehead atoms. The van der Waals surface area contributed by atoms with Crippen LogP contribution in [-0.4, -0.2) is 118 Å². The van der Waals surface area contributed by atoms with Crippen LogP contribution < -0.4 is 26.6 Å². The van der Waals surface area contributed by atoms with E-state index >= 15 is 0 Å². The maximum atomic E-state index is 12.9. The second kappa shape index (κ2) is 21.8. The van der Waals surface area contributed by atoms with E-state index in [1.807, 2.05) is 36.4 Å². The lowest BCUT2D eigenvalue weighted by Gasteiger charge is -2.37. The van der Waals surface area contributed by atoms with Gasteiger partial charge in [-0.3, -0.25) is 39.0 Å². The molecule has 3 fully saturated rings. The number of benzene rings is 2. The molecule has 0 radical (unpaired) electrons. The molecule has 4 aliphatic heterocycles. The number of amides is 6. The molecular weight excluding hydrogens is 833 g/mol. The molecule has 17 heteroatoms. The number of carbonyl (C=O) groups excluding carboxylic acids is 6. The van der Waals surface area contributed by atoms with Crippen molar-refractivity contribution < 1.29 is 28.8 Å². The summed E-state index contributed by atoms with van der Waals surface area (Å²) in [7, 11) is 0. The summed E-state index contributed by atoms with van der Waals surface area (Å²) in [5, 5.41) is 8.92. The lowest BCUT2D eigenvalue weighted by Crippen LogP contribution is -2.52. The minimum atomic E-state index is -0.649. The van der Waals surface area contributed by atoms with E-state index in [0.717, 1.165) is 111 Å². The van der Waals surface area contributed by atoms with Crippen LogP contribution in [-0.2, 0) is 37.1 Å². The van der Waals surface area contributed by atoms with Crippen LogP contribution in [0.1, 0.15) is 99.0 Å². The monoisotopic (exact) mass is 892 g/mol. The zero-order valence-corrected chi connectivity index (χ0v) is 37.5. The molecule has 0 spiro atoms. The lowest BCUT2D eigenvalue weighted by molar-refractivity contribution is -0.137. The molecule has 6 amide bonds. The van der Waals surface area contributed by atoms with Crippen LogP contribution in [0.4, 0.5) is 11.5 Å². The third kappa shape index (κ3) is 13.0. The van der Waals surface area contributed by atoms with E-state index in [4.69, 9.17) is 5.73 Å². The van der Waals surface area contributed by atoms with Gasteiger partial charge in [0.1, 0.15) is 16.9 Å². The highest BCUT2D eigenvalue weighted by Gasteiger charge is 2.39. The first-order chi connectivity index (χ1) is 30.9. The van der Waals surface area contributed by atoms with Gasteiger partial charge in [-0.25, -0.2) is 9.97 Å². The largest absolute Gasteiger partial charge is 0.355 e. The number of unbranched alkanes of at least 4 members (excludes halogenated alkanes) is 5. The number of imide groups is 1. The fourth-order valence-electron chi connectivity index (χ4n) is 8.51. The summed E-state index contributed by atoms with van der Waals surface area (Å²) in [5.41, 5.74) is 9.04. The van der Waals surface area contributed by atoms with Gasteiger partial charge in [0.25, 0.3) is 5.91 Å². The number of hydrogen-bond acceptors (Lipinski definition) is 12. The fourth-order valence-corrected chi connectivity index (χ4v) is 9.30. The molecule has 1 atom stereocenters. The summed E-state index contributed by atoms with van der Waals surface area (Å²) in [4.78, 5) is 92.9. The van der Waals surface area contributed by atoms with Crippen molar-refractivity contribution in [1.29, 1.82) is 0 Å². The van der Waals surface area contributed by atoms with Crippen LogP contribution >= 0.6 is 11.8 Å². The summed E-state index contributed by atoms with van der Waals surface area (Å²) < 4.78 is 0. The van der Waals surface area contributed by atoms with Gasteiger partial charge in [0.15, 0.2) is 0 Å². The zero-order valence-electron chi connectivity index (χ0n) is 36.7. The minimum Gasteiger partial charge on any atom is -0.355 e. The van der Waals surface area contributed by atoms with Crippen molar-refractivity contribution in [1.82, 2.24) is 35.3 Å².